The van der Waals surface area contributed by atoms with Gasteiger partial charge in [0.1, 0.15) is 5.82 Å². The molecule has 0 aliphatic rings. The van der Waals surface area contributed by atoms with E-state index in [0.717, 1.165) is 7.57 Å². The molecule has 0 saturated heterocycles. The highest BCUT2D eigenvalue weighted by atomic mass is 79.9. The number of rotatable bonds is 2. The maximum Gasteiger partial charge on any atom is 0.257 e. The van der Waals surface area contributed by atoms with Gasteiger partial charge in [-0.25, -0.2) is 4.39 Å². The van der Waals surface area contributed by atoms with Gasteiger partial charge in [-0.1, -0.05) is 0 Å². The van der Waals surface area contributed by atoms with Crippen LogP contribution in [0.3, 0.4) is 0 Å². The fourth-order valence-corrected chi connectivity index (χ4v) is 4.52. The van der Waals surface area contributed by atoms with Crippen LogP contribution in [-0.4, -0.2) is 5.91 Å². The van der Waals surface area contributed by atoms with Crippen LogP contribution in [0.2, 0.25) is 0 Å². The average molecular weight is 458 g/mol. The van der Waals surface area contributed by atoms with Gasteiger partial charge in [0.25, 0.3) is 5.91 Å². The van der Waals surface area contributed by atoms with E-state index in [-0.39, 0.29) is 11.7 Å². The smallest absolute Gasteiger partial charge is 0.257 e. The largest absolute Gasteiger partial charge is 0.321 e. The van der Waals surface area contributed by atoms with Crippen LogP contribution in [0.1, 0.15) is 10.4 Å². The molecular formula is C11H5Br3FNOS. The Bertz CT molecular complexity index is 614. The molecule has 0 spiro atoms. The standard InChI is InChI=1S/C11H5Br3FNOS/c12-7-3-5(15)1-2-8(7)16-11(17)6-4-9(13)18-10(6)14/h1-4H,(H,16,17). The highest BCUT2D eigenvalue weighted by Crippen LogP contribution is 2.33. The number of carbonyl (C=O) groups is 1. The molecule has 2 rings (SSSR count). The third-order valence-corrected chi connectivity index (χ3v) is 5.08. The summed E-state index contributed by atoms with van der Waals surface area (Å²) < 4.78 is 15.0. The first-order valence-electron chi connectivity index (χ1n) is 4.68. The molecule has 1 heterocycles. The number of hydrogen-bond acceptors (Lipinski definition) is 2. The second kappa shape index (κ2) is 5.81. The maximum atomic E-state index is 12.9. The van der Waals surface area contributed by atoms with Crippen molar-refractivity contribution in [2.75, 3.05) is 5.32 Å². The van der Waals surface area contributed by atoms with Crippen LogP contribution in [0.4, 0.5) is 10.1 Å². The zero-order valence-electron chi connectivity index (χ0n) is 8.64. The van der Waals surface area contributed by atoms with Crippen molar-refractivity contribution in [1.82, 2.24) is 0 Å². The summed E-state index contributed by atoms with van der Waals surface area (Å²) >= 11 is 11.2. The lowest BCUT2D eigenvalue weighted by molar-refractivity contribution is 0.102. The second-order valence-electron chi connectivity index (χ2n) is 3.32. The summed E-state index contributed by atoms with van der Waals surface area (Å²) in [4.78, 5) is 12.0. The average Bonchev–Trinajstić information content (AvgIpc) is 2.62. The molecule has 0 bridgehead atoms. The predicted octanol–water partition coefficient (Wildman–Crippen LogP) is 5.43. The Balaban J connectivity index is 2.24. The Morgan fingerprint density at radius 3 is 2.50 bits per heavy atom. The van der Waals surface area contributed by atoms with Gasteiger partial charge < -0.3 is 5.32 Å². The Hall–Kier alpha value is -0.240. The van der Waals surface area contributed by atoms with Gasteiger partial charge in [-0.05, 0) is 72.1 Å². The fourth-order valence-electron chi connectivity index (χ4n) is 1.28. The molecule has 0 atom stereocenters. The number of carbonyl (C=O) groups excluding carboxylic acids is 1. The summed E-state index contributed by atoms with van der Waals surface area (Å²) in [5, 5.41) is 2.71. The van der Waals surface area contributed by atoms with Crippen LogP contribution in [0.5, 0.6) is 0 Å². The molecule has 18 heavy (non-hydrogen) atoms. The monoisotopic (exact) mass is 455 g/mol. The van der Waals surface area contributed by atoms with Crippen LogP contribution in [0, 0.1) is 5.82 Å². The van der Waals surface area contributed by atoms with Crippen LogP contribution in [0.15, 0.2) is 36.3 Å². The lowest BCUT2D eigenvalue weighted by Crippen LogP contribution is -2.11. The first-order chi connectivity index (χ1) is 8.47. The summed E-state index contributed by atoms with van der Waals surface area (Å²) in [5.41, 5.74) is 1.05. The van der Waals surface area contributed by atoms with Gasteiger partial charge >= 0.3 is 0 Å². The molecule has 7 heteroatoms. The molecule has 0 aliphatic heterocycles. The van der Waals surface area contributed by atoms with Crippen LogP contribution in [0.25, 0.3) is 0 Å². The van der Waals surface area contributed by atoms with Crippen molar-refractivity contribution in [3.63, 3.8) is 0 Å². The third-order valence-electron chi connectivity index (χ3n) is 2.08. The number of thiophene rings is 1. The second-order valence-corrected chi connectivity index (χ2v) is 7.92. The van der Waals surface area contributed by atoms with Crippen molar-refractivity contribution in [2.24, 2.45) is 0 Å². The summed E-state index contributed by atoms with van der Waals surface area (Å²) in [5.74, 6) is -0.615. The van der Waals surface area contributed by atoms with Crippen LogP contribution >= 0.6 is 59.1 Å². The van der Waals surface area contributed by atoms with Crippen molar-refractivity contribution in [2.45, 2.75) is 0 Å². The van der Waals surface area contributed by atoms with Crippen LogP contribution in [-0.2, 0) is 0 Å². The number of nitrogens with one attached hydrogen (secondary N) is 1. The van der Waals surface area contributed by atoms with Crippen molar-refractivity contribution >= 4 is 70.7 Å². The van der Waals surface area contributed by atoms with Gasteiger partial charge in [-0.15, -0.1) is 11.3 Å². The number of halogens is 4. The zero-order chi connectivity index (χ0) is 13.3. The molecule has 1 aromatic heterocycles. The molecule has 0 radical (unpaired) electrons. The predicted molar refractivity (Wildman–Crippen MR) is 81.8 cm³/mol. The first-order valence-corrected chi connectivity index (χ1v) is 7.88. The van der Waals surface area contributed by atoms with Gasteiger partial charge in [0.2, 0.25) is 0 Å². The Morgan fingerprint density at radius 2 is 1.94 bits per heavy atom. The molecule has 1 N–H and O–H groups in total. The molecule has 1 aromatic carbocycles. The quantitative estimate of drug-likeness (QED) is 0.640. The Labute approximate surface area is 132 Å². The van der Waals surface area contributed by atoms with E-state index in [1.807, 2.05) is 0 Å². The highest BCUT2D eigenvalue weighted by Gasteiger charge is 2.15. The molecule has 0 fully saturated rings. The highest BCUT2D eigenvalue weighted by molar-refractivity contribution is 9.12. The van der Waals surface area contributed by atoms with Crippen LogP contribution < -0.4 is 5.32 Å². The van der Waals surface area contributed by atoms with E-state index in [2.05, 4.69) is 53.1 Å². The van der Waals surface area contributed by atoms with Gasteiger partial charge in [-0.3, -0.25) is 4.79 Å². The Kier molecular flexibility index (Phi) is 4.58. The molecule has 94 valence electrons. The third kappa shape index (κ3) is 3.20. The molecule has 1 amide bonds. The summed E-state index contributed by atoms with van der Waals surface area (Å²) in [6.07, 6.45) is 0. The lowest BCUT2D eigenvalue weighted by Gasteiger charge is -2.06. The minimum Gasteiger partial charge on any atom is -0.321 e. The lowest BCUT2D eigenvalue weighted by atomic mass is 10.2. The van der Waals surface area contributed by atoms with E-state index in [0.29, 0.717) is 15.7 Å². The molecule has 0 saturated carbocycles. The number of anilines is 1. The van der Waals surface area contributed by atoms with Gasteiger partial charge in [0.05, 0.1) is 18.8 Å². The Morgan fingerprint density at radius 1 is 1.22 bits per heavy atom. The minimum absolute atomic E-state index is 0.254. The molecule has 0 unspecified atom stereocenters. The first kappa shape index (κ1) is 14.2. The van der Waals surface area contributed by atoms with Crippen molar-refractivity contribution in [3.8, 4) is 0 Å². The fraction of sp³-hybridized carbons (Fsp3) is 0. The number of hydrogen-bond donors (Lipinski definition) is 1. The van der Waals surface area contributed by atoms with E-state index >= 15 is 0 Å². The minimum atomic E-state index is -0.362. The number of amides is 1. The molecular weight excluding hydrogens is 453 g/mol. The van der Waals surface area contributed by atoms with Crippen molar-refractivity contribution in [3.05, 3.63) is 47.7 Å². The summed E-state index contributed by atoms with van der Waals surface area (Å²) in [6, 6.07) is 5.82. The zero-order valence-corrected chi connectivity index (χ0v) is 14.2. The van der Waals surface area contributed by atoms with Gasteiger partial charge in [0, 0.05) is 4.47 Å². The maximum absolute atomic E-state index is 12.9. The van der Waals surface area contributed by atoms with E-state index in [1.54, 1.807) is 6.07 Å². The van der Waals surface area contributed by atoms with E-state index in [4.69, 9.17) is 0 Å². The van der Waals surface area contributed by atoms with Crippen molar-refractivity contribution in [1.29, 1.82) is 0 Å². The summed E-state index contributed by atoms with van der Waals surface area (Å²) in [6.45, 7) is 0. The van der Waals surface area contributed by atoms with E-state index < -0.39 is 0 Å². The van der Waals surface area contributed by atoms with Gasteiger partial charge in [0.15, 0.2) is 0 Å². The molecule has 0 aliphatic carbocycles. The topological polar surface area (TPSA) is 29.1 Å². The normalized spacial score (nSPS) is 10.4. The van der Waals surface area contributed by atoms with Crippen molar-refractivity contribution < 1.29 is 9.18 Å². The number of benzene rings is 1. The molecule has 2 nitrogen and oxygen atoms in total. The summed E-state index contributed by atoms with van der Waals surface area (Å²) in [7, 11) is 0. The van der Waals surface area contributed by atoms with Gasteiger partial charge in [-0.2, -0.15) is 0 Å². The van der Waals surface area contributed by atoms with E-state index in [1.165, 1.54) is 29.5 Å². The molecule has 2 aromatic rings. The van der Waals surface area contributed by atoms with E-state index in [9.17, 15) is 9.18 Å². The SMILES string of the molecule is O=C(Nc1ccc(F)cc1Br)c1cc(Br)sc1Br.